The van der Waals surface area contributed by atoms with Crippen molar-refractivity contribution in [3.8, 4) is 5.88 Å². The third-order valence-electron chi connectivity index (χ3n) is 1.89. The number of amides is 1. The van der Waals surface area contributed by atoms with Crippen LogP contribution in [-0.2, 0) is 4.79 Å². The minimum atomic E-state index is -0.180. The Morgan fingerprint density at radius 2 is 2.31 bits per heavy atom. The zero-order valence-corrected chi connectivity index (χ0v) is 9.23. The summed E-state index contributed by atoms with van der Waals surface area (Å²) in [6, 6.07) is 3.27. The molecular formula is C10H14N4O2. The van der Waals surface area contributed by atoms with E-state index in [9.17, 15) is 4.79 Å². The van der Waals surface area contributed by atoms with Gasteiger partial charge in [0.2, 0.25) is 5.88 Å². The Labute approximate surface area is 93.5 Å². The molecule has 0 aliphatic heterocycles. The lowest BCUT2D eigenvalue weighted by Gasteiger charge is -2.12. The quantitative estimate of drug-likeness (QED) is 0.546. The van der Waals surface area contributed by atoms with Crippen molar-refractivity contribution in [2.24, 2.45) is 5.73 Å². The first-order valence-electron chi connectivity index (χ1n) is 4.64. The van der Waals surface area contributed by atoms with E-state index in [0.717, 1.165) is 0 Å². The Balaban J connectivity index is 2.74. The maximum Gasteiger partial charge on any atom is 0.260 e. The van der Waals surface area contributed by atoms with Crippen LogP contribution in [0.3, 0.4) is 0 Å². The molecule has 6 heteroatoms. The number of amidine groups is 1. The second-order valence-corrected chi connectivity index (χ2v) is 3.35. The topological polar surface area (TPSA) is 92.3 Å². The standard InChI is InChI=1S/C10H14N4O2/c1-14(2)8(15)6-16-10-7(9(11)12)4-3-5-13-10/h3-5H,6H2,1-2H3,(H3,11,12). The van der Waals surface area contributed by atoms with Crippen molar-refractivity contribution >= 4 is 11.7 Å². The number of nitrogens with two attached hydrogens (primary N) is 1. The van der Waals surface area contributed by atoms with Crippen molar-refractivity contribution in [3.63, 3.8) is 0 Å². The molecule has 0 unspecified atom stereocenters. The molecule has 0 radical (unpaired) electrons. The molecular weight excluding hydrogens is 208 g/mol. The molecule has 16 heavy (non-hydrogen) atoms. The minimum absolute atomic E-state index is 0.121. The van der Waals surface area contributed by atoms with Gasteiger partial charge >= 0.3 is 0 Å². The Morgan fingerprint density at radius 3 is 2.88 bits per heavy atom. The Hall–Kier alpha value is -2.11. The predicted molar refractivity (Wildman–Crippen MR) is 59.4 cm³/mol. The highest BCUT2D eigenvalue weighted by atomic mass is 16.5. The average molecular weight is 222 g/mol. The molecule has 1 heterocycles. The highest BCUT2D eigenvalue weighted by Gasteiger charge is 2.10. The lowest BCUT2D eigenvalue weighted by molar-refractivity contribution is -0.130. The van der Waals surface area contributed by atoms with Gasteiger partial charge in [0.1, 0.15) is 5.84 Å². The molecule has 0 spiro atoms. The number of nitrogen functional groups attached to an aromatic ring is 1. The SMILES string of the molecule is CN(C)C(=O)COc1ncccc1C(=N)N. The summed E-state index contributed by atoms with van der Waals surface area (Å²) < 4.78 is 5.20. The molecule has 0 bridgehead atoms. The second kappa shape index (κ2) is 5.11. The molecule has 86 valence electrons. The third kappa shape index (κ3) is 2.94. The summed E-state index contributed by atoms with van der Waals surface area (Å²) in [7, 11) is 3.27. The van der Waals surface area contributed by atoms with Gasteiger partial charge in [-0.25, -0.2) is 4.98 Å². The van der Waals surface area contributed by atoms with E-state index in [1.807, 2.05) is 0 Å². The van der Waals surface area contributed by atoms with Gasteiger partial charge in [0.05, 0.1) is 5.56 Å². The first-order chi connectivity index (χ1) is 7.52. The number of nitrogens with one attached hydrogen (secondary N) is 1. The van der Waals surface area contributed by atoms with Gasteiger partial charge in [0, 0.05) is 20.3 Å². The van der Waals surface area contributed by atoms with Gasteiger partial charge in [0.15, 0.2) is 6.61 Å². The fourth-order valence-electron chi connectivity index (χ4n) is 0.970. The number of likely N-dealkylation sites (N-methyl/N-ethyl adjacent to an activating group) is 1. The van der Waals surface area contributed by atoms with Crippen LogP contribution < -0.4 is 10.5 Å². The van der Waals surface area contributed by atoms with Gasteiger partial charge in [-0.2, -0.15) is 0 Å². The summed E-state index contributed by atoms with van der Waals surface area (Å²) in [5.74, 6) is -0.120. The Morgan fingerprint density at radius 1 is 1.62 bits per heavy atom. The molecule has 1 aromatic heterocycles. The zero-order chi connectivity index (χ0) is 12.1. The van der Waals surface area contributed by atoms with Crippen molar-refractivity contribution < 1.29 is 9.53 Å². The van der Waals surface area contributed by atoms with Crippen LogP contribution in [0.25, 0.3) is 0 Å². The number of rotatable bonds is 4. The first kappa shape index (κ1) is 12.0. The average Bonchev–Trinajstić information content (AvgIpc) is 2.25. The smallest absolute Gasteiger partial charge is 0.260 e. The van der Waals surface area contributed by atoms with Crippen molar-refractivity contribution in [2.45, 2.75) is 0 Å². The second-order valence-electron chi connectivity index (χ2n) is 3.35. The largest absolute Gasteiger partial charge is 0.467 e. The van der Waals surface area contributed by atoms with E-state index >= 15 is 0 Å². The maximum atomic E-state index is 11.3. The number of hydrogen-bond acceptors (Lipinski definition) is 4. The first-order valence-corrected chi connectivity index (χ1v) is 4.64. The lowest BCUT2D eigenvalue weighted by Crippen LogP contribution is -2.28. The molecule has 1 aromatic rings. The summed E-state index contributed by atoms with van der Waals surface area (Å²) in [5, 5.41) is 7.31. The van der Waals surface area contributed by atoms with Crippen molar-refractivity contribution in [2.75, 3.05) is 20.7 Å². The summed E-state index contributed by atoms with van der Waals surface area (Å²) in [6.45, 7) is -0.121. The number of pyridine rings is 1. The number of hydrogen-bond donors (Lipinski definition) is 2. The van der Waals surface area contributed by atoms with E-state index in [4.69, 9.17) is 15.9 Å². The van der Waals surface area contributed by atoms with Crippen LogP contribution in [0.4, 0.5) is 0 Å². The van der Waals surface area contributed by atoms with E-state index < -0.39 is 0 Å². The van der Waals surface area contributed by atoms with Crippen molar-refractivity contribution in [1.82, 2.24) is 9.88 Å². The molecule has 0 saturated heterocycles. The lowest BCUT2D eigenvalue weighted by atomic mass is 10.2. The molecule has 0 fully saturated rings. The molecule has 0 aliphatic carbocycles. The van der Waals surface area contributed by atoms with Crippen LogP contribution in [0.1, 0.15) is 5.56 Å². The Kier molecular flexibility index (Phi) is 3.82. The zero-order valence-electron chi connectivity index (χ0n) is 9.23. The molecule has 0 saturated carbocycles. The van der Waals surface area contributed by atoms with E-state index in [2.05, 4.69) is 4.98 Å². The van der Waals surface area contributed by atoms with Gasteiger partial charge in [-0.3, -0.25) is 10.2 Å². The number of nitrogens with zero attached hydrogens (tertiary/aromatic N) is 2. The highest BCUT2D eigenvalue weighted by molar-refractivity contribution is 5.97. The Bertz CT molecular complexity index is 404. The normalized spacial score (nSPS) is 9.62. The molecule has 0 atom stereocenters. The molecule has 0 aromatic carbocycles. The van der Waals surface area contributed by atoms with E-state index in [1.54, 1.807) is 26.2 Å². The van der Waals surface area contributed by atoms with Gasteiger partial charge in [-0.1, -0.05) is 0 Å². The summed E-state index contributed by atoms with van der Waals surface area (Å²) in [4.78, 5) is 16.6. The number of ether oxygens (including phenoxy) is 1. The van der Waals surface area contributed by atoms with Crippen LogP contribution in [0.5, 0.6) is 5.88 Å². The predicted octanol–water partition coefficient (Wildman–Crippen LogP) is -0.167. The van der Waals surface area contributed by atoms with E-state index in [1.165, 1.54) is 11.1 Å². The molecule has 1 amide bonds. The third-order valence-corrected chi connectivity index (χ3v) is 1.89. The molecule has 0 aliphatic rings. The number of carbonyl (C=O) groups is 1. The summed E-state index contributed by atoms with van der Waals surface area (Å²) in [5.41, 5.74) is 5.73. The monoisotopic (exact) mass is 222 g/mol. The fraction of sp³-hybridized carbons (Fsp3) is 0.300. The molecule has 3 N–H and O–H groups in total. The summed E-state index contributed by atoms with van der Waals surface area (Å²) in [6.07, 6.45) is 1.52. The van der Waals surface area contributed by atoms with Gasteiger partial charge < -0.3 is 15.4 Å². The number of aromatic nitrogens is 1. The minimum Gasteiger partial charge on any atom is -0.467 e. The van der Waals surface area contributed by atoms with Crippen molar-refractivity contribution in [1.29, 1.82) is 5.41 Å². The van der Waals surface area contributed by atoms with Crippen LogP contribution in [0, 0.1) is 5.41 Å². The van der Waals surface area contributed by atoms with Gasteiger partial charge in [-0.05, 0) is 12.1 Å². The van der Waals surface area contributed by atoms with Crippen LogP contribution >= 0.6 is 0 Å². The van der Waals surface area contributed by atoms with Crippen molar-refractivity contribution in [3.05, 3.63) is 23.9 Å². The van der Waals surface area contributed by atoms with Crippen LogP contribution in [0.2, 0.25) is 0 Å². The van der Waals surface area contributed by atoms with Crippen LogP contribution in [-0.4, -0.2) is 42.3 Å². The number of carbonyl (C=O) groups excluding carboxylic acids is 1. The molecule has 6 nitrogen and oxygen atoms in total. The van der Waals surface area contributed by atoms with Crippen LogP contribution in [0.15, 0.2) is 18.3 Å². The van der Waals surface area contributed by atoms with Gasteiger partial charge in [0.25, 0.3) is 5.91 Å². The highest BCUT2D eigenvalue weighted by Crippen LogP contribution is 2.12. The van der Waals surface area contributed by atoms with Gasteiger partial charge in [-0.15, -0.1) is 0 Å². The molecule has 1 rings (SSSR count). The fourth-order valence-corrected chi connectivity index (χ4v) is 0.970. The maximum absolute atomic E-state index is 11.3. The summed E-state index contributed by atoms with van der Waals surface area (Å²) >= 11 is 0. The van der Waals surface area contributed by atoms with E-state index in [0.29, 0.717) is 5.56 Å². The van der Waals surface area contributed by atoms with E-state index in [-0.39, 0.29) is 24.2 Å².